The molecule has 0 aromatic carbocycles. The first-order valence-electron chi connectivity index (χ1n) is 5.39. The van der Waals surface area contributed by atoms with Crippen LogP contribution in [-0.2, 0) is 17.9 Å². The summed E-state index contributed by atoms with van der Waals surface area (Å²) in [4.78, 5) is 11.4. The van der Waals surface area contributed by atoms with Gasteiger partial charge in [0.2, 0.25) is 5.91 Å². The van der Waals surface area contributed by atoms with Crippen molar-refractivity contribution in [3.63, 3.8) is 0 Å². The first kappa shape index (κ1) is 11.8. The number of nitrogens with one attached hydrogen (secondary N) is 1. The Morgan fingerprint density at radius 1 is 1.60 bits per heavy atom. The van der Waals surface area contributed by atoms with Crippen LogP contribution in [0.1, 0.15) is 32.8 Å². The van der Waals surface area contributed by atoms with Crippen molar-refractivity contribution in [2.24, 2.45) is 5.92 Å². The summed E-state index contributed by atoms with van der Waals surface area (Å²) < 4.78 is 1.85. The molecule has 1 rings (SSSR count). The van der Waals surface area contributed by atoms with Gasteiger partial charge < -0.3 is 5.32 Å². The molecule has 4 heteroatoms. The van der Waals surface area contributed by atoms with E-state index in [1.165, 1.54) is 0 Å². The van der Waals surface area contributed by atoms with Crippen molar-refractivity contribution in [1.29, 1.82) is 0 Å². The monoisotopic (exact) mass is 209 g/mol. The normalized spacial score (nSPS) is 10.7. The molecule has 0 saturated carbocycles. The maximum Gasteiger partial charge on any atom is 0.220 e. The van der Waals surface area contributed by atoms with Gasteiger partial charge in [0.25, 0.3) is 0 Å². The van der Waals surface area contributed by atoms with Crippen LogP contribution in [0.2, 0.25) is 0 Å². The molecule has 15 heavy (non-hydrogen) atoms. The lowest BCUT2D eigenvalue weighted by Crippen LogP contribution is -2.23. The third kappa shape index (κ3) is 4.14. The van der Waals surface area contributed by atoms with Gasteiger partial charge in [0.1, 0.15) is 0 Å². The molecule has 4 nitrogen and oxygen atoms in total. The molecule has 0 bridgehead atoms. The minimum atomic E-state index is 0.106. The SMILES string of the molecule is CCn1cc(CNC(=O)CC(C)C)cn1. The molecule has 1 aromatic heterocycles. The average Bonchev–Trinajstić information content (AvgIpc) is 2.61. The second-order valence-electron chi connectivity index (χ2n) is 4.08. The van der Waals surface area contributed by atoms with E-state index in [1.54, 1.807) is 6.20 Å². The molecule has 0 aliphatic carbocycles. The molecule has 1 heterocycles. The van der Waals surface area contributed by atoms with Gasteiger partial charge in [-0.3, -0.25) is 9.48 Å². The number of hydrogen-bond acceptors (Lipinski definition) is 2. The minimum absolute atomic E-state index is 0.106. The highest BCUT2D eigenvalue weighted by Crippen LogP contribution is 2.00. The second kappa shape index (κ2) is 5.53. The van der Waals surface area contributed by atoms with E-state index in [0.29, 0.717) is 18.9 Å². The van der Waals surface area contributed by atoms with Crippen molar-refractivity contribution in [3.05, 3.63) is 18.0 Å². The fourth-order valence-corrected chi connectivity index (χ4v) is 1.31. The topological polar surface area (TPSA) is 46.9 Å². The summed E-state index contributed by atoms with van der Waals surface area (Å²) in [6.07, 6.45) is 4.33. The third-order valence-corrected chi connectivity index (χ3v) is 2.09. The third-order valence-electron chi connectivity index (χ3n) is 2.09. The molecular weight excluding hydrogens is 190 g/mol. The summed E-state index contributed by atoms with van der Waals surface area (Å²) in [6.45, 7) is 7.54. The van der Waals surface area contributed by atoms with Gasteiger partial charge in [-0.25, -0.2) is 0 Å². The van der Waals surface area contributed by atoms with Crippen molar-refractivity contribution < 1.29 is 4.79 Å². The Kier molecular flexibility index (Phi) is 4.34. The Hall–Kier alpha value is -1.32. The van der Waals surface area contributed by atoms with E-state index >= 15 is 0 Å². The van der Waals surface area contributed by atoms with Gasteiger partial charge in [-0.1, -0.05) is 13.8 Å². The number of hydrogen-bond donors (Lipinski definition) is 1. The fourth-order valence-electron chi connectivity index (χ4n) is 1.31. The van der Waals surface area contributed by atoms with Crippen LogP contribution in [0.4, 0.5) is 0 Å². The van der Waals surface area contributed by atoms with Crippen molar-refractivity contribution in [1.82, 2.24) is 15.1 Å². The molecule has 0 fully saturated rings. The van der Waals surface area contributed by atoms with Crippen LogP contribution < -0.4 is 5.32 Å². The molecule has 0 saturated heterocycles. The first-order valence-corrected chi connectivity index (χ1v) is 5.39. The lowest BCUT2D eigenvalue weighted by atomic mass is 10.1. The van der Waals surface area contributed by atoms with E-state index in [9.17, 15) is 4.79 Å². The molecule has 84 valence electrons. The van der Waals surface area contributed by atoms with Crippen LogP contribution in [0.25, 0.3) is 0 Å². The van der Waals surface area contributed by atoms with Gasteiger partial charge in [0, 0.05) is 31.3 Å². The van der Waals surface area contributed by atoms with Crippen LogP contribution in [0.3, 0.4) is 0 Å². The van der Waals surface area contributed by atoms with Crippen LogP contribution in [0, 0.1) is 5.92 Å². The van der Waals surface area contributed by atoms with Gasteiger partial charge in [-0.05, 0) is 12.8 Å². The minimum Gasteiger partial charge on any atom is -0.352 e. The summed E-state index contributed by atoms with van der Waals surface area (Å²) >= 11 is 0. The van der Waals surface area contributed by atoms with E-state index < -0.39 is 0 Å². The van der Waals surface area contributed by atoms with Crippen LogP contribution in [0.15, 0.2) is 12.4 Å². The van der Waals surface area contributed by atoms with Crippen LogP contribution >= 0.6 is 0 Å². The predicted octanol–water partition coefficient (Wildman–Crippen LogP) is 1.57. The molecule has 0 aliphatic rings. The summed E-state index contributed by atoms with van der Waals surface area (Å²) in [5.41, 5.74) is 1.05. The van der Waals surface area contributed by atoms with Gasteiger partial charge in [0.05, 0.1) is 6.20 Å². The van der Waals surface area contributed by atoms with Gasteiger partial charge in [-0.2, -0.15) is 5.10 Å². The highest BCUT2D eigenvalue weighted by atomic mass is 16.1. The summed E-state index contributed by atoms with van der Waals surface area (Å²) in [5.74, 6) is 0.512. The number of aromatic nitrogens is 2. The van der Waals surface area contributed by atoms with E-state index in [2.05, 4.69) is 10.4 Å². The first-order chi connectivity index (χ1) is 7.11. The zero-order valence-corrected chi connectivity index (χ0v) is 9.66. The highest BCUT2D eigenvalue weighted by molar-refractivity contribution is 5.75. The molecule has 0 spiro atoms. The van der Waals surface area contributed by atoms with Crippen LogP contribution in [0.5, 0.6) is 0 Å². The van der Waals surface area contributed by atoms with Gasteiger partial charge in [-0.15, -0.1) is 0 Å². The fraction of sp³-hybridized carbons (Fsp3) is 0.636. The molecule has 1 aromatic rings. The van der Waals surface area contributed by atoms with Crippen molar-refractivity contribution in [2.75, 3.05) is 0 Å². The summed E-state index contributed by atoms with van der Waals surface area (Å²) in [5, 5.41) is 7.01. The number of carbonyl (C=O) groups is 1. The quantitative estimate of drug-likeness (QED) is 0.800. The molecule has 0 radical (unpaired) electrons. The standard InChI is InChI=1S/C11H19N3O/c1-4-14-8-10(7-13-14)6-12-11(15)5-9(2)3/h7-9H,4-6H2,1-3H3,(H,12,15). The number of aryl methyl sites for hydroxylation is 1. The van der Waals surface area contributed by atoms with Crippen molar-refractivity contribution >= 4 is 5.91 Å². The predicted molar refractivity (Wildman–Crippen MR) is 59.2 cm³/mol. The van der Waals surface area contributed by atoms with Gasteiger partial charge >= 0.3 is 0 Å². The van der Waals surface area contributed by atoms with E-state index in [1.807, 2.05) is 31.6 Å². The Morgan fingerprint density at radius 2 is 2.33 bits per heavy atom. The molecule has 0 aliphatic heterocycles. The Labute approximate surface area is 90.7 Å². The zero-order valence-electron chi connectivity index (χ0n) is 9.66. The largest absolute Gasteiger partial charge is 0.352 e. The average molecular weight is 209 g/mol. The summed E-state index contributed by atoms with van der Waals surface area (Å²) in [6, 6.07) is 0. The lowest BCUT2D eigenvalue weighted by Gasteiger charge is -2.05. The smallest absolute Gasteiger partial charge is 0.220 e. The second-order valence-corrected chi connectivity index (χ2v) is 4.08. The molecule has 0 atom stereocenters. The highest BCUT2D eigenvalue weighted by Gasteiger charge is 2.04. The number of nitrogens with zero attached hydrogens (tertiary/aromatic N) is 2. The number of carbonyl (C=O) groups excluding carboxylic acids is 1. The van der Waals surface area contributed by atoms with Crippen molar-refractivity contribution in [3.8, 4) is 0 Å². The van der Waals surface area contributed by atoms with E-state index in [0.717, 1.165) is 12.1 Å². The maximum absolute atomic E-state index is 11.4. The molecule has 1 amide bonds. The van der Waals surface area contributed by atoms with Gasteiger partial charge in [0.15, 0.2) is 0 Å². The Bertz CT molecular complexity index is 317. The number of rotatable bonds is 5. The molecule has 1 N–H and O–H groups in total. The van der Waals surface area contributed by atoms with E-state index in [-0.39, 0.29) is 5.91 Å². The Balaban J connectivity index is 2.33. The van der Waals surface area contributed by atoms with Crippen LogP contribution in [-0.4, -0.2) is 15.7 Å². The number of amides is 1. The van der Waals surface area contributed by atoms with Crippen molar-refractivity contribution in [2.45, 2.75) is 40.3 Å². The Morgan fingerprint density at radius 3 is 2.87 bits per heavy atom. The molecular formula is C11H19N3O. The zero-order chi connectivity index (χ0) is 11.3. The maximum atomic E-state index is 11.4. The lowest BCUT2D eigenvalue weighted by molar-refractivity contribution is -0.121. The molecule has 0 unspecified atom stereocenters. The summed E-state index contributed by atoms with van der Waals surface area (Å²) in [7, 11) is 0. The van der Waals surface area contributed by atoms with E-state index in [4.69, 9.17) is 0 Å².